The second-order valence-electron chi connectivity index (χ2n) is 4.61. The molecule has 0 saturated carbocycles. The molecular formula is C12H16FNO5S. The number of carbonyl (C=O) groups is 1. The summed E-state index contributed by atoms with van der Waals surface area (Å²) in [5.41, 5.74) is -0.337. The Morgan fingerprint density at radius 2 is 2.00 bits per heavy atom. The molecule has 3 N–H and O–H groups in total. The third-order valence-corrected chi connectivity index (χ3v) is 4.16. The zero-order chi connectivity index (χ0) is 15.5. The van der Waals surface area contributed by atoms with Crippen molar-refractivity contribution in [2.45, 2.75) is 24.8 Å². The average Bonchev–Trinajstić information content (AvgIpc) is 2.35. The molecule has 1 aromatic carbocycles. The van der Waals surface area contributed by atoms with Crippen molar-refractivity contribution < 1.29 is 27.8 Å². The van der Waals surface area contributed by atoms with E-state index in [-0.39, 0.29) is 18.0 Å². The molecule has 0 bridgehead atoms. The number of carboxylic acids is 1. The Morgan fingerprint density at radius 1 is 1.40 bits per heavy atom. The Labute approximate surface area is 116 Å². The number of aromatic carboxylic acids is 1. The SMILES string of the molecule is CC(C)C(O)CNS(=O)(=O)c1cc(C(=O)O)ccc1F. The van der Waals surface area contributed by atoms with Crippen molar-refractivity contribution in [3.63, 3.8) is 0 Å². The molecule has 0 amide bonds. The molecule has 1 unspecified atom stereocenters. The lowest BCUT2D eigenvalue weighted by molar-refractivity contribution is 0.0696. The van der Waals surface area contributed by atoms with Crippen molar-refractivity contribution in [2.75, 3.05) is 6.54 Å². The zero-order valence-corrected chi connectivity index (χ0v) is 11.8. The smallest absolute Gasteiger partial charge is 0.335 e. The molecule has 0 aliphatic carbocycles. The summed E-state index contributed by atoms with van der Waals surface area (Å²) in [6, 6.07) is 2.48. The lowest BCUT2D eigenvalue weighted by Gasteiger charge is -2.15. The molecular weight excluding hydrogens is 289 g/mol. The summed E-state index contributed by atoms with van der Waals surface area (Å²) in [4.78, 5) is 10.0. The predicted octanol–water partition coefficient (Wildman–Crippen LogP) is 0.819. The van der Waals surface area contributed by atoms with E-state index in [4.69, 9.17) is 5.11 Å². The first-order chi connectivity index (χ1) is 9.15. The maximum atomic E-state index is 13.5. The highest BCUT2D eigenvalue weighted by Gasteiger charge is 2.22. The predicted molar refractivity (Wildman–Crippen MR) is 69.4 cm³/mol. The summed E-state index contributed by atoms with van der Waals surface area (Å²) in [6.45, 7) is 3.12. The van der Waals surface area contributed by atoms with Crippen LogP contribution >= 0.6 is 0 Å². The first-order valence-electron chi connectivity index (χ1n) is 5.85. The number of sulfonamides is 1. The highest BCUT2D eigenvalue weighted by molar-refractivity contribution is 7.89. The quantitative estimate of drug-likeness (QED) is 0.722. The van der Waals surface area contributed by atoms with Gasteiger partial charge in [0, 0.05) is 6.54 Å². The topological polar surface area (TPSA) is 104 Å². The van der Waals surface area contributed by atoms with Gasteiger partial charge >= 0.3 is 5.97 Å². The van der Waals surface area contributed by atoms with Crippen molar-refractivity contribution in [1.82, 2.24) is 4.72 Å². The number of rotatable bonds is 6. The summed E-state index contributed by atoms with van der Waals surface area (Å²) >= 11 is 0. The van der Waals surface area contributed by atoms with Crippen molar-refractivity contribution in [3.8, 4) is 0 Å². The van der Waals surface area contributed by atoms with E-state index in [0.29, 0.717) is 0 Å². The second-order valence-corrected chi connectivity index (χ2v) is 6.35. The number of carboxylic acid groups (broad SMARTS) is 1. The molecule has 1 aromatic rings. The van der Waals surface area contributed by atoms with Gasteiger partial charge in [0.15, 0.2) is 0 Å². The standard InChI is InChI=1S/C12H16FNO5S/c1-7(2)10(15)6-14-20(18,19)11-5-8(12(16)17)3-4-9(11)13/h3-5,7,10,14-15H,6H2,1-2H3,(H,16,17). The third kappa shape index (κ3) is 3.99. The molecule has 0 fully saturated rings. The van der Waals surface area contributed by atoms with Crippen LogP contribution in [0, 0.1) is 11.7 Å². The van der Waals surface area contributed by atoms with Gasteiger partial charge in [0.1, 0.15) is 10.7 Å². The van der Waals surface area contributed by atoms with Gasteiger partial charge in [-0.1, -0.05) is 13.8 Å². The number of hydrogen-bond acceptors (Lipinski definition) is 4. The minimum atomic E-state index is -4.22. The van der Waals surface area contributed by atoms with Crippen molar-refractivity contribution in [2.24, 2.45) is 5.92 Å². The molecule has 112 valence electrons. The molecule has 1 rings (SSSR count). The number of benzene rings is 1. The largest absolute Gasteiger partial charge is 0.478 e. The van der Waals surface area contributed by atoms with E-state index in [1.807, 2.05) is 0 Å². The number of aliphatic hydroxyl groups is 1. The Hall–Kier alpha value is -1.51. The fourth-order valence-electron chi connectivity index (χ4n) is 1.35. The molecule has 1 atom stereocenters. The fourth-order valence-corrected chi connectivity index (χ4v) is 2.50. The fraction of sp³-hybridized carbons (Fsp3) is 0.417. The number of hydrogen-bond donors (Lipinski definition) is 3. The van der Waals surface area contributed by atoms with Crippen LogP contribution in [-0.4, -0.2) is 37.2 Å². The van der Waals surface area contributed by atoms with E-state index in [1.54, 1.807) is 13.8 Å². The van der Waals surface area contributed by atoms with Gasteiger partial charge in [0.25, 0.3) is 0 Å². The van der Waals surface area contributed by atoms with E-state index in [1.165, 1.54) is 0 Å². The highest BCUT2D eigenvalue weighted by Crippen LogP contribution is 2.16. The molecule has 20 heavy (non-hydrogen) atoms. The maximum absolute atomic E-state index is 13.5. The maximum Gasteiger partial charge on any atom is 0.335 e. The van der Waals surface area contributed by atoms with Gasteiger partial charge in [-0.25, -0.2) is 22.3 Å². The molecule has 6 nitrogen and oxygen atoms in total. The molecule has 0 heterocycles. The summed E-state index contributed by atoms with van der Waals surface area (Å²) in [7, 11) is -4.22. The van der Waals surface area contributed by atoms with Gasteiger partial charge in [0.05, 0.1) is 11.7 Å². The lowest BCUT2D eigenvalue weighted by Crippen LogP contribution is -2.35. The monoisotopic (exact) mass is 305 g/mol. The molecule has 0 saturated heterocycles. The lowest BCUT2D eigenvalue weighted by atomic mass is 10.1. The van der Waals surface area contributed by atoms with E-state index in [9.17, 15) is 22.7 Å². The Bertz CT molecular complexity index is 600. The Kier molecular flexibility index (Phi) is 5.21. The van der Waals surface area contributed by atoms with Crippen LogP contribution in [0.5, 0.6) is 0 Å². The minimum Gasteiger partial charge on any atom is -0.478 e. The molecule has 0 spiro atoms. The third-order valence-electron chi connectivity index (χ3n) is 2.72. The van der Waals surface area contributed by atoms with E-state index < -0.39 is 32.8 Å². The molecule has 0 aromatic heterocycles. The van der Waals surface area contributed by atoms with Crippen LogP contribution < -0.4 is 4.72 Å². The highest BCUT2D eigenvalue weighted by atomic mass is 32.2. The van der Waals surface area contributed by atoms with Crippen LogP contribution in [0.1, 0.15) is 24.2 Å². The van der Waals surface area contributed by atoms with Crippen LogP contribution in [0.15, 0.2) is 23.1 Å². The van der Waals surface area contributed by atoms with Crippen LogP contribution in [0.4, 0.5) is 4.39 Å². The van der Waals surface area contributed by atoms with E-state index in [2.05, 4.69) is 4.72 Å². The molecule has 8 heteroatoms. The minimum absolute atomic E-state index is 0.173. The summed E-state index contributed by atoms with van der Waals surface area (Å²) in [5.74, 6) is -2.59. The number of halogens is 1. The van der Waals surface area contributed by atoms with Crippen LogP contribution in [0.2, 0.25) is 0 Å². The van der Waals surface area contributed by atoms with Gasteiger partial charge < -0.3 is 10.2 Å². The van der Waals surface area contributed by atoms with Gasteiger partial charge in [0.2, 0.25) is 10.0 Å². The number of aliphatic hydroxyl groups excluding tert-OH is 1. The average molecular weight is 305 g/mol. The van der Waals surface area contributed by atoms with Gasteiger partial charge in [-0.2, -0.15) is 0 Å². The van der Waals surface area contributed by atoms with E-state index in [0.717, 1.165) is 18.2 Å². The van der Waals surface area contributed by atoms with Gasteiger partial charge in [-0.3, -0.25) is 0 Å². The first kappa shape index (κ1) is 16.5. The summed E-state index contributed by atoms with van der Waals surface area (Å²) in [5, 5.41) is 18.3. The van der Waals surface area contributed by atoms with Crippen molar-refractivity contribution in [3.05, 3.63) is 29.6 Å². The van der Waals surface area contributed by atoms with Crippen LogP contribution in [-0.2, 0) is 10.0 Å². The normalized spacial score (nSPS) is 13.4. The van der Waals surface area contributed by atoms with Gasteiger partial charge in [-0.15, -0.1) is 0 Å². The Balaban J connectivity index is 3.03. The second kappa shape index (κ2) is 6.29. The Morgan fingerprint density at radius 3 is 2.50 bits per heavy atom. The summed E-state index contributed by atoms with van der Waals surface area (Å²) in [6.07, 6.45) is -0.921. The van der Waals surface area contributed by atoms with Crippen molar-refractivity contribution in [1.29, 1.82) is 0 Å². The van der Waals surface area contributed by atoms with Crippen LogP contribution in [0.25, 0.3) is 0 Å². The number of nitrogens with one attached hydrogen (secondary N) is 1. The zero-order valence-electron chi connectivity index (χ0n) is 11.0. The molecule has 0 radical (unpaired) electrons. The van der Waals surface area contributed by atoms with E-state index >= 15 is 0 Å². The van der Waals surface area contributed by atoms with Crippen LogP contribution in [0.3, 0.4) is 0 Å². The molecule has 0 aliphatic heterocycles. The van der Waals surface area contributed by atoms with Crippen molar-refractivity contribution >= 4 is 16.0 Å². The molecule has 0 aliphatic rings. The first-order valence-corrected chi connectivity index (χ1v) is 7.34. The van der Waals surface area contributed by atoms with Gasteiger partial charge in [-0.05, 0) is 24.1 Å². The summed E-state index contributed by atoms with van der Waals surface area (Å²) < 4.78 is 39.4.